The molecule has 0 bridgehead atoms. The number of carbonyl (C=O) groups is 1. The number of nitrogens with zero attached hydrogens (tertiary/aromatic N) is 2. The largest absolute Gasteiger partial charge is 0.494 e. The molecule has 2 heterocycles. The van der Waals surface area contributed by atoms with Gasteiger partial charge in [0.05, 0.1) is 12.8 Å². The molecule has 0 spiro atoms. The Balaban J connectivity index is 1.82. The molecule has 3 N–H and O–H groups in total. The standard InChI is InChI=1S/C27H24F2N4O5S/c1-14-10-15(2)25(16(3)11-14)38-27-17(26(34)33-39(35,36)24-7-5-6-23(30)32-24)8-9-21(31-27)18-12-20(29)22(37-4)13-19(18)28/h5-13H,1-4H3,(H2,30,32)(H,33,34). The molecule has 0 fully saturated rings. The highest BCUT2D eigenvalue weighted by atomic mass is 32.2. The predicted octanol–water partition coefficient (Wildman–Crippen LogP) is 4.85. The van der Waals surface area contributed by atoms with Crippen LogP contribution >= 0.6 is 0 Å². The van der Waals surface area contributed by atoms with Crippen LogP contribution in [0.15, 0.2) is 59.6 Å². The van der Waals surface area contributed by atoms with Crippen LogP contribution in [-0.2, 0) is 10.0 Å². The number of aromatic nitrogens is 2. The van der Waals surface area contributed by atoms with Crippen LogP contribution in [-0.4, -0.2) is 31.4 Å². The highest BCUT2D eigenvalue weighted by molar-refractivity contribution is 7.90. The Bertz CT molecular complexity index is 1690. The van der Waals surface area contributed by atoms with Crippen molar-refractivity contribution in [2.75, 3.05) is 12.8 Å². The van der Waals surface area contributed by atoms with E-state index in [4.69, 9.17) is 15.2 Å². The van der Waals surface area contributed by atoms with Gasteiger partial charge in [0.1, 0.15) is 22.9 Å². The number of benzene rings is 2. The summed E-state index contributed by atoms with van der Waals surface area (Å²) >= 11 is 0. The highest BCUT2D eigenvalue weighted by Gasteiger charge is 2.25. The SMILES string of the molecule is COc1cc(F)c(-c2ccc(C(=O)NS(=O)(=O)c3cccc(N)n3)c(Oc3c(C)cc(C)cc3C)n2)cc1F. The van der Waals surface area contributed by atoms with Gasteiger partial charge in [-0.2, -0.15) is 8.42 Å². The quantitative estimate of drug-likeness (QED) is 0.331. The predicted molar refractivity (Wildman–Crippen MR) is 140 cm³/mol. The van der Waals surface area contributed by atoms with Crippen molar-refractivity contribution in [3.8, 4) is 28.6 Å². The number of halogens is 2. The number of carbonyl (C=O) groups excluding carboxylic acids is 1. The number of aryl methyl sites for hydroxylation is 3. The van der Waals surface area contributed by atoms with Gasteiger partial charge >= 0.3 is 0 Å². The lowest BCUT2D eigenvalue weighted by Gasteiger charge is -2.16. The summed E-state index contributed by atoms with van der Waals surface area (Å²) in [5.41, 5.74) is 7.40. The number of nitrogens with two attached hydrogens (primary N) is 1. The van der Waals surface area contributed by atoms with E-state index in [1.807, 2.05) is 23.8 Å². The molecule has 12 heteroatoms. The summed E-state index contributed by atoms with van der Waals surface area (Å²) < 4.78 is 67.6. The summed E-state index contributed by atoms with van der Waals surface area (Å²) in [6.07, 6.45) is 0. The number of ether oxygens (including phenoxy) is 2. The molecule has 2 aromatic carbocycles. The summed E-state index contributed by atoms with van der Waals surface area (Å²) in [4.78, 5) is 21.2. The number of anilines is 1. The maximum absolute atomic E-state index is 14.8. The summed E-state index contributed by atoms with van der Waals surface area (Å²) in [5, 5.41) is -0.469. The number of hydrogen-bond acceptors (Lipinski definition) is 8. The Kier molecular flexibility index (Phi) is 7.50. The first-order valence-electron chi connectivity index (χ1n) is 11.5. The fraction of sp³-hybridized carbons (Fsp3) is 0.148. The molecule has 0 radical (unpaired) electrons. The lowest BCUT2D eigenvalue weighted by Crippen LogP contribution is -2.31. The van der Waals surface area contributed by atoms with Gasteiger partial charge in [0.15, 0.2) is 16.6 Å². The van der Waals surface area contributed by atoms with Crippen molar-refractivity contribution in [2.24, 2.45) is 0 Å². The van der Waals surface area contributed by atoms with E-state index in [9.17, 15) is 22.0 Å². The molecule has 0 aliphatic heterocycles. The first-order chi connectivity index (χ1) is 18.4. The summed E-state index contributed by atoms with van der Waals surface area (Å²) in [6, 6.07) is 11.8. The molecule has 2 aromatic heterocycles. The van der Waals surface area contributed by atoms with Crippen molar-refractivity contribution in [2.45, 2.75) is 25.8 Å². The maximum atomic E-state index is 14.8. The number of amides is 1. The molecule has 9 nitrogen and oxygen atoms in total. The van der Waals surface area contributed by atoms with Crippen molar-refractivity contribution in [1.29, 1.82) is 0 Å². The van der Waals surface area contributed by atoms with Gasteiger partial charge in [0.2, 0.25) is 5.88 Å². The Morgan fingerprint density at radius 2 is 1.64 bits per heavy atom. The van der Waals surface area contributed by atoms with Crippen molar-refractivity contribution in [1.82, 2.24) is 14.7 Å². The van der Waals surface area contributed by atoms with Gasteiger partial charge < -0.3 is 15.2 Å². The zero-order valence-electron chi connectivity index (χ0n) is 21.4. The van der Waals surface area contributed by atoms with Gasteiger partial charge in [-0.3, -0.25) is 4.79 Å². The van der Waals surface area contributed by atoms with Crippen LogP contribution in [0.4, 0.5) is 14.6 Å². The fourth-order valence-corrected chi connectivity index (χ4v) is 4.90. The highest BCUT2D eigenvalue weighted by Crippen LogP contribution is 2.34. The summed E-state index contributed by atoms with van der Waals surface area (Å²) in [7, 11) is -3.22. The average Bonchev–Trinajstić information content (AvgIpc) is 2.87. The molecule has 1 amide bonds. The lowest BCUT2D eigenvalue weighted by molar-refractivity contribution is 0.0978. The number of methoxy groups -OCH3 is 1. The zero-order valence-corrected chi connectivity index (χ0v) is 22.2. The second kappa shape index (κ2) is 10.7. The zero-order chi connectivity index (χ0) is 28.5. The Hall–Kier alpha value is -4.58. The van der Waals surface area contributed by atoms with Crippen LogP contribution in [0.5, 0.6) is 17.4 Å². The number of pyridine rings is 2. The van der Waals surface area contributed by atoms with E-state index < -0.39 is 32.6 Å². The van der Waals surface area contributed by atoms with Gasteiger partial charge in [-0.15, -0.1) is 0 Å². The molecule has 0 atom stereocenters. The Morgan fingerprint density at radius 1 is 0.949 bits per heavy atom. The molecular weight excluding hydrogens is 530 g/mol. The minimum absolute atomic E-state index is 0.0561. The summed E-state index contributed by atoms with van der Waals surface area (Å²) in [6.45, 7) is 5.47. The van der Waals surface area contributed by atoms with E-state index in [2.05, 4.69) is 9.97 Å². The van der Waals surface area contributed by atoms with E-state index in [0.29, 0.717) is 16.9 Å². The van der Waals surface area contributed by atoms with Gasteiger partial charge in [-0.25, -0.2) is 23.5 Å². The molecule has 0 aliphatic rings. The third-order valence-electron chi connectivity index (χ3n) is 5.67. The number of nitrogens with one attached hydrogen (secondary N) is 1. The van der Waals surface area contributed by atoms with Crippen LogP contribution < -0.4 is 19.9 Å². The van der Waals surface area contributed by atoms with Gasteiger partial charge in [0, 0.05) is 11.6 Å². The van der Waals surface area contributed by atoms with Crippen molar-refractivity contribution in [3.63, 3.8) is 0 Å². The molecule has 39 heavy (non-hydrogen) atoms. The van der Waals surface area contributed by atoms with Crippen LogP contribution in [0.3, 0.4) is 0 Å². The molecule has 0 saturated carbocycles. The van der Waals surface area contributed by atoms with Gasteiger partial charge in [0.25, 0.3) is 15.9 Å². The third kappa shape index (κ3) is 5.80. The Morgan fingerprint density at radius 3 is 2.28 bits per heavy atom. The van der Waals surface area contributed by atoms with Gasteiger partial charge in [-0.1, -0.05) is 23.8 Å². The van der Waals surface area contributed by atoms with Crippen LogP contribution in [0.1, 0.15) is 27.0 Å². The van der Waals surface area contributed by atoms with Crippen molar-refractivity contribution < 1.29 is 31.5 Å². The second-order valence-electron chi connectivity index (χ2n) is 8.68. The molecular formula is C27H24F2N4O5S. The maximum Gasteiger partial charge on any atom is 0.281 e. The summed E-state index contributed by atoms with van der Waals surface area (Å²) in [5.74, 6) is -3.06. The fourth-order valence-electron chi connectivity index (χ4n) is 3.96. The van der Waals surface area contributed by atoms with E-state index >= 15 is 0 Å². The number of rotatable bonds is 7. The topological polar surface area (TPSA) is 134 Å². The molecule has 0 unspecified atom stereocenters. The number of nitrogen functional groups attached to an aromatic ring is 1. The smallest absolute Gasteiger partial charge is 0.281 e. The van der Waals surface area contributed by atoms with E-state index in [1.165, 1.54) is 37.4 Å². The Labute approximate surface area is 223 Å². The van der Waals surface area contributed by atoms with Crippen LogP contribution in [0.2, 0.25) is 0 Å². The average molecular weight is 555 g/mol. The van der Waals surface area contributed by atoms with E-state index in [1.54, 1.807) is 13.8 Å². The molecule has 202 valence electrons. The second-order valence-corrected chi connectivity index (χ2v) is 10.3. The molecule has 0 saturated heterocycles. The minimum atomic E-state index is -4.42. The van der Waals surface area contributed by atoms with E-state index in [-0.39, 0.29) is 34.3 Å². The minimum Gasteiger partial charge on any atom is -0.494 e. The van der Waals surface area contributed by atoms with Crippen molar-refractivity contribution in [3.05, 3.63) is 88.5 Å². The molecule has 4 aromatic rings. The normalized spacial score (nSPS) is 11.2. The first kappa shape index (κ1) is 27.5. The van der Waals surface area contributed by atoms with Gasteiger partial charge in [-0.05, 0) is 62.2 Å². The van der Waals surface area contributed by atoms with Crippen LogP contribution in [0, 0.1) is 32.4 Å². The number of hydrogen-bond donors (Lipinski definition) is 2. The lowest BCUT2D eigenvalue weighted by atomic mass is 10.1. The molecule has 4 rings (SSSR count). The number of sulfonamides is 1. The van der Waals surface area contributed by atoms with Crippen molar-refractivity contribution >= 4 is 21.7 Å². The monoisotopic (exact) mass is 554 g/mol. The molecule has 0 aliphatic carbocycles. The van der Waals surface area contributed by atoms with Crippen LogP contribution in [0.25, 0.3) is 11.3 Å². The van der Waals surface area contributed by atoms with E-state index in [0.717, 1.165) is 17.7 Å². The first-order valence-corrected chi connectivity index (χ1v) is 13.0. The third-order valence-corrected chi connectivity index (χ3v) is 6.91.